The van der Waals surface area contributed by atoms with E-state index in [0.717, 1.165) is 12.8 Å². The van der Waals surface area contributed by atoms with Crippen LogP contribution in [0, 0.1) is 0 Å². The number of rotatable bonds is 7. The highest BCUT2D eigenvalue weighted by Gasteiger charge is 2.16. The monoisotopic (exact) mass is 242 g/mol. The molecule has 0 radical (unpaired) electrons. The molecule has 98 valence electrons. The van der Waals surface area contributed by atoms with Gasteiger partial charge in [-0.25, -0.2) is 0 Å². The minimum absolute atomic E-state index is 0.0146. The Bertz CT molecular complexity index is 250. The van der Waals surface area contributed by atoms with Crippen molar-refractivity contribution >= 4 is 11.9 Å². The van der Waals surface area contributed by atoms with Crippen LogP contribution in [0.3, 0.4) is 0 Å². The largest absolute Gasteiger partial charge is 0.466 e. The van der Waals surface area contributed by atoms with Crippen LogP contribution in [0.25, 0.3) is 0 Å². The summed E-state index contributed by atoms with van der Waals surface area (Å²) in [5.41, 5.74) is 0. The van der Waals surface area contributed by atoms with Crippen LogP contribution in [0.4, 0.5) is 0 Å². The van der Waals surface area contributed by atoms with Crippen molar-refractivity contribution in [1.82, 2.24) is 10.6 Å². The number of carbonyl (C=O) groups is 2. The minimum Gasteiger partial charge on any atom is -0.466 e. The first kappa shape index (κ1) is 14.0. The van der Waals surface area contributed by atoms with Gasteiger partial charge in [-0.3, -0.25) is 9.59 Å². The van der Waals surface area contributed by atoms with Gasteiger partial charge < -0.3 is 15.4 Å². The van der Waals surface area contributed by atoms with Gasteiger partial charge in [-0.15, -0.1) is 0 Å². The lowest BCUT2D eigenvalue weighted by Crippen LogP contribution is -2.39. The van der Waals surface area contributed by atoms with Crippen molar-refractivity contribution in [3.8, 4) is 0 Å². The Morgan fingerprint density at radius 1 is 1.29 bits per heavy atom. The first-order valence-corrected chi connectivity index (χ1v) is 6.38. The van der Waals surface area contributed by atoms with Crippen LogP contribution in [-0.4, -0.2) is 37.6 Å². The topological polar surface area (TPSA) is 67.4 Å². The number of esters is 1. The Balaban J connectivity index is 1.98. The van der Waals surface area contributed by atoms with Gasteiger partial charge in [-0.1, -0.05) is 12.8 Å². The molecule has 0 atom stereocenters. The molecule has 0 aromatic carbocycles. The average molecular weight is 242 g/mol. The van der Waals surface area contributed by atoms with Crippen LogP contribution in [0.15, 0.2) is 0 Å². The Labute approximate surface area is 102 Å². The molecule has 17 heavy (non-hydrogen) atoms. The van der Waals surface area contributed by atoms with Crippen molar-refractivity contribution in [3.63, 3.8) is 0 Å². The Morgan fingerprint density at radius 2 is 2.00 bits per heavy atom. The number of amides is 1. The minimum atomic E-state index is -0.226. The summed E-state index contributed by atoms with van der Waals surface area (Å²) in [4.78, 5) is 22.5. The second-order valence-electron chi connectivity index (χ2n) is 4.28. The molecule has 1 saturated carbocycles. The number of nitrogens with one attached hydrogen (secondary N) is 2. The lowest BCUT2D eigenvalue weighted by Gasteiger charge is -2.12. The van der Waals surface area contributed by atoms with Crippen molar-refractivity contribution in [1.29, 1.82) is 0 Å². The zero-order chi connectivity index (χ0) is 12.5. The molecule has 0 unspecified atom stereocenters. The molecule has 1 aliphatic rings. The summed E-state index contributed by atoms with van der Waals surface area (Å²) in [5.74, 6) is -0.211. The maximum atomic E-state index is 11.5. The van der Waals surface area contributed by atoms with Gasteiger partial charge >= 0.3 is 5.97 Å². The van der Waals surface area contributed by atoms with Gasteiger partial charge in [0, 0.05) is 12.6 Å². The van der Waals surface area contributed by atoms with Crippen LogP contribution in [0.5, 0.6) is 0 Å². The molecule has 0 heterocycles. The van der Waals surface area contributed by atoms with Gasteiger partial charge in [-0.2, -0.15) is 0 Å². The summed E-state index contributed by atoms with van der Waals surface area (Å²) >= 11 is 0. The van der Waals surface area contributed by atoms with E-state index in [4.69, 9.17) is 4.74 Å². The predicted molar refractivity (Wildman–Crippen MR) is 64.5 cm³/mol. The van der Waals surface area contributed by atoms with Crippen LogP contribution in [-0.2, 0) is 14.3 Å². The lowest BCUT2D eigenvalue weighted by atomic mass is 10.2. The normalized spacial score (nSPS) is 15.8. The molecule has 0 bridgehead atoms. The molecule has 5 heteroatoms. The number of hydrogen-bond donors (Lipinski definition) is 2. The third-order valence-corrected chi connectivity index (χ3v) is 2.82. The van der Waals surface area contributed by atoms with Crippen LogP contribution in [0.2, 0.25) is 0 Å². The van der Waals surface area contributed by atoms with Gasteiger partial charge in [0.15, 0.2) is 0 Å². The Kier molecular flexibility index (Phi) is 6.62. The van der Waals surface area contributed by atoms with Crippen molar-refractivity contribution in [2.24, 2.45) is 0 Å². The molecule has 0 aromatic heterocycles. The molecule has 2 N–H and O–H groups in total. The van der Waals surface area contributed by atoms with E-state index in [1.807, 2.05) is 0 Å². The first-order valence-electron chi connectivity index (χ1n) is 6.38. The molecule has 1 amide bonds. The molecule has 1 rings (SSSR count). The molecular formula is C12H22N2O3. The summed E-state index contributed by atoms with van der Waals surface area (Å²) in [5, 5.41) is 5.91. The van der Waals surface area contributed by atoms with E-state index in [2.05, 4.69) is 10.6 Å². The maximum Gasteiger partial charge on any atom is 0.307 e. The van der Waals surface area contributed by atoms with Gasteiger partial charge in [0.05, 0.1) is 19.6 Å². The van der Waals surface area contributed by atoms with Crippen LogP contribution >= 0.6 is 0 Å². The van der Waals surface area contributed by atoms with Gasteiger partial charge in [-0.05, 0) is 19.8 Å². The van der Waals surface area contributed by atoms with Crippen molar-refractivity contribution < 1.29 is 14.3 Å². The standard InChI is InChI=1S/C12H22N2O3/c1-2-17-12(16)7-8-13-9-11(15)14-10-5-3-4-6-10/h10,13H,2-9H2,1H3,(H,14,15). The Morgan fingerprint density at radius 3 is 2.65 bits per heavy atom. The smallest absolute Gasteiger partial charge is 0.307 e. The second kappa shape index (κ2) is 8.06. The summed E-state index contributed by atoms with van der Waals surface area (Å²) in [6, 6.07) is 0.356. The second-order valence-corrected chi connectivity index (χ2v) is 4.28. The van der Waals surface area contributed by atoms with E-state index in [-0.39, 0.29) is 18.4 Å². The van der Waals surface area contributed by atoms with Crippen LogP contribution < -0.4 is 10.6 Å². The molecule has 0 aromatic rings. The number of carbonyl (C=O) groups excluding carboxylic acids is 2. The van der Waals surface area contributed by atoms with E-state index in [1.54, 1.807) is 6.92 Å². The fourth-order valence-electron chi connectivity index (χ4n) is 1.97. The van der Waals surface area contributed by atoms with Crippen molar-refractivity contribution in [3.05, 3.63) is 0 Å². The Hall–Kier alpha value is -1.10. The van der Waals surface area contributed by atoms with Crippen molar-refractivity contribution in [2.75, 3.05) is 19.7 Å². The lowest BCUT2D eigenvalue weighted by molar-refractivity contribution is -0.143. The molecule has 1 fully saturated rings. The first-order chi connectivity index (χ1) is 8.22. The van der Waals surface area contributed by atoms with E-state index in [9.17, 15) is 9.59 Å². The summed E-state index contributed by atoms with van der Waals surface area (Å²) in [6.07, 6.45) is 4.91. The zero-order valence-electron chi connectivity index (χ0n) is 10.5. The zero-order valence-corrected chi connectivity index (χ0v) is 10.5. The number of hydrogen-bond acceptors (Lipinski definition) is 4. The van der Waals surface area contributed by atoms with E-state index >= 15 is 0 Å². The highest BCUT2D eigenvalue weighted by atomic mass is 16.5. The summed E-state index contributed by atoms with van der Waals surface area (Å²) in [7, 11) is 0. The van der Waals surface area contributed by atoms with Gasteiger partial charge in [0.2, 0.25) is 5.91 Å². The third kappa shape index (κ3) is 6.26. The molecule has 0 aliphatic heterocycles. The fourth-order valence-corrected chi connectivity index (χ4v) is 1.97. The SMILES string of the molecule is CCOC(=O)CCNCC(=O)NC1CCCC1. The van der Waals surface area contributed by atoms with E-state index < -0.39 is 0 Å². The maximum absolute atomic E-state index is 11.5. The average Bonchev–Trinajstić information content (AvgIpc) is 2.77. The summed E-state index contributed by atoms with van der Waals surface area (Å²) in [6.45, 7) is 2.94. The number of ether oxygens (including phenoxy) is 1. The van der Waals surface area contributed by atoms with Crippen molar-refractivity contribution in [2.45, 2.75) is 45.1 Å². The molecule has 1 aliphatic carbocycles. The molecule has 5 nitrogen and oxygen atoms in total. The van der Waals surface area contributed by atoms with E-state index in [0.29, 0.717) is 25.6 Å². The fraction of sp³-hybridized carbons (Fsp3) is 0.833. The van der Waals surface area contributed by atoms with Gasteiger partial charge in [0.25, 0.3) is 0 Å². The van der Waals surface area contributed by atoms with E-state index in [1.165, 1.54) is 12.8 Å². The highest BCUT2D eigenvalue weighted by molar-refractivity contribution is 5.78. The summed E-state index contributed by atoms with van der Waals surface area (Å²) < 4.78 is 4.78. The molecule has 0 saturated heterocycles. The quantitative estimate of drug-likeness (QED) is 0.506. The van der Waals surface area contributed by atoms with Crippen LogP contribution in [0.1, 0.15) is 39.0 Å². The molecule has 0 spiro atoms. The predicted octanol–water partition coefficient (Wildman–Crippen LogP) is 0.588. The highest BCUT2D eigenvalue weighted by Crippen LogP contribution is 2.17. The van der Waals surface area contributed by atoms with Gasteiger partial charge in [0.1, 0.15) is 0 Å². The molecular weight excluding hydrogens is 220 g/mol. The third-order valence-electron chi connectivity index (χ3n) is 2.82.